The number of fused-ring (bicyclic) bond motifs is 1. The average molecular weight is 536 g/mol. The molecule has 0 unspecified atom stereocenters. The van der Waals surface area contributed by atoms with Crippen molar-refractivity contribution in [2.75, 3.05) is 19.6 Å². The number of carbonyl (C=O) groups is 1. The number of carboxylic acid groups (broad SMARTS) is 1. The minimum atomic E-state index is -2.24. The van der Waals surface area contributed by atoms with Crippen molar-refractivity contribution in [3.8, 4) is 0 Å². The summed E-state index contributed by atoms with van der Waals surface area (Å²) in [4.78, 5) is 13.8. The third-order valence-corrected chi connectivity index (χ3v) is 8.28. The maximum atomic E-state index is 12.5. The number of halogens is 3. The van der Waals surface area contributed by atoms with E-state index in [1.54, 1.807) is 6.07 Å². The molecule has 3 aromatic carbocycles. The summed E-state index contributed by atoms with van der Waals surface area (Å²) < 4.78 is 25.0. The van der Waals surface area contributed by atoms with E-state index >= 15 is 0 Å². The average Bonchev–Trinajstić information content (AvgIpc) is 3.06. The van der Waals surface area contributed by atoms with Crippen LogP contribution in [-0.2, 0) is 12.8 Å². The summed E-state index contributed by atoms with van der Waals surface area (Å²) in [5.41, 5.74) is 9.07. The fourth-order valence-corrected chi connectivity index (χ4v) is 6.05. The quantitative estimate of drug-likeness (QED) is 0.320. The van der Waals surface area contributed by atoms with E-state index in [2.05, 4.69) is 35.2 Å². The van der Waals surface area contributed by atoms with E-state index in [0.717, 1.165) is 77.2 Å². The highest BCUT2D eigenvalue weighted by Gasteiger charge is 2.27. The van der Waals surface area contributed by atoms with Crippen LogP contribution >= 0.6 is 11.6 Å². The minimum Gasteiger partial charge on any atom is -0.478 e. The van der Waals surface area contributed by atoms with E-state index in [1.165, 1.54) is 11.1 Å². The van der Waals surface area contributed by atoms with Gasteiger partial charge in [0.25, 0.3) is 0 Å². The molecule has 1 aliphatic heterocycles. The molecule has 0 spiro atoms. The number of carboxylic acids is 1. The fraction of sp³-hybridized carbons (Fsp3) is 0.344. The first-order valence-electron chi connectivity index (χ1n) is 13.2. The molecule has 3 aromatic rings. The first-order chi connectivity index (χ1) is 18.3. The predicted molar refractivity (Wildman–Crippen MR) is 149 cm³/mol. The lowest BCUT2D eigenvalue weighted by atomic mass is 9.86. The van der Waals surface area contributed by atoms with Gasteiger partial charge in [-0.25, -0.2) is 13.6 Å². The molecule has 1 aliphatic carbocycles. The SMILES string of the molecule is Cc1cccc(C2=C(c3ccc(CC4CN(CCC(F)F)C4)cc3)c3ccc(C(=O)O)cc3CCC2)c1Cl. The van der Waals surface area contributed by atoms with Gasteiger partial charge >= 0.3 is 5.97 Å². The number of allylic oxidation sites excluding steroid dienone is 1. The molecule has 1 N–H and O–H groups in total. The monoisotopic (exact) mass is 535 g/mol. The first kappa shape index (κ1) is 26.6. The molecule has 6 heteroatoms. The Labute approximate surface area is 227 Å². The Hall–Kier alpha value is -3.02. The number of alkyl halides is 2. The molecule has 2 aliphatic rings. The second-order valence-electron chi connectivity index (χ2n) is 10.5. The van der Waals surface area contributed by atoms with Gasteiger partial charge in [-0.15, -0.1) is 0 Å². The molecule has 0 bridgehead atoms. The van der Waals surface area contributed by atoms with Crippen LogP contribution in [0.5, 0.6) is 0 Å². The van der Waals surface area contributed by atoms with E-state index < -0.39 is 12.4 Å². The lowest BCUT2D eigenvalue weighted by molar-refractivity contribution is 0.0626. The minimum absolute atomic E-state index is 0.0563. The van der Waals surface area contributed by atoms with Gasteiger partial charge in [0.1, 0.15) is 0 Å². The second-order valence-corrected chi connectivity index (χ2v) is 10.9. The highest BCUT2D eigenvalue weighted by atomic mass is 35.5. The normalized spacial score (nSPS) is 16.3. The van der Waals surface area contributed by atoms with E-state index in [4.69, 9.17) is 11.6 Å². The number of nitrogens with zero attached hydrogens (tertiary/aromatic N) is 1. The van der Waals surface area contributed by atoms with Gasteiger partial charge in [0.2, 0.25) is 6.43 Å². The van der Waals surface area contributed by atoms with Gasteiger partial charge in [0.15, 0.2) is 0 Å². The van der Waals surface area contributed by atoms with Crippen molar-refractivity contribution in [3.05, 3.63) is 105 Å². The number of aromatic carboxylic acids is 1. The molecular weight excluding hydrogens is 504 g/mol. The third kappa shape index (κ3) is 5.69. The molecule has 0 saturated carbocycles. The summed E-state index contributed by atoms with van der Waals surface area (Å²) in [6.45, 7) is 4.22. The zero-order valence-electron chi connectivity index (χ0n) is 21.5. The van der Waals surface area contributed by atoms with Crippen LogP contribution in [0.3, 0.4) is 0 Å². The van der Waals surface area contributed by atoms with Gasteiger partial charge in [0.05, 0.1) is 10.6 Å². The van der Waals surface area contributed by atoms with Crippen LogP contribution in [-0.4, -0.2) is 42.0 Å². The van der Waals surface area contributed by atoms with Gasteiger partial charge in [-0.1, -0.05) is 60.1 Å². The molecule has 3 nitrogen and oxygen atoms in total. The fourth-order valence-electron chi connectivity index (χ4n) is 5.81. The molecule has 0 amide bonds. The number of aryl methyl sites for hydroxylation is 2. The molecule has 1 fully saturated rings. The van der Waals surface area contributed by atoms with E-state index in [1.807, 2.05) is 31.2 Å². The lowest BCUT2D eigenvalue weighted by Crippen LogP contribution is -2.48. The Balaban J connectivity index is 1.48. The van der Waals surface area contributed by atoms with Crippen molar-refractivity contribution >= 4 is 28.7 Å². The number of hydrogen-bond donors (Lipinski definition) is 1. The van der Waals surface area contributed by atoms with Crippen LogP contribution in [0.1, 0.15) is 63.0 Å². The Morgan fingerprint density at radius 2 is 1.82 bits per heavy atom. The summed E-state index contributed by atoms with van der Waals surface area (Å²) in [5.74, 6) is -0.426. The number of hydrogen-bond acceptors (Lipinski definition) is 2. The van der Waals surface area contributed by atoms with Crippen LogP contribution < -0.4 is 0 Å². The number of likely N-dealkylation sites (tertiary alicyclic amines) is 1. The first-order valence-corrected chi connectivity index (χ1v) is 13.6. The molecule has 38 heavy (non-hydrogen) atoms. The van der Waals surface area contributed by atoms with Crippen molar-refractivity contribution in [1.82, 2.24) is 4.90 Å². The second kappa shape index (κ2) is 11.4. The van der Waals surface area contributed by atoms with Crippen LogP contribution in [0.15, 0.2) is 60.7 Å². The standard InChI is InChI=1S/C32H32ClF2NO2/c1-20-4-2-7-28(31(20)33)27-6-3-5-24-17-25(32(37)38)12-13-26(24)30(27)23-10-8-21(9-11-23)16-22-18-36(19-22)15-14-29(34)35/h2,4,7-13,17,22,29H,3,5-6,14-16,18-19H2,1H3,(H,37,38). The Bertz CT molecular complexity index is 1360. The number of rotatable bonds is 8. The van der Waals surface area contributed by atoms with Crippen molar-refractivity contribution in [2.45, 2.75) is 45.5 Å². The maximum absolute atomic E-state index is 12.5. The number of benzene rings is 3. The van der Waals surface area contributed by atoms with Crippen LogP contribution in [0, 0.1) is 12.8 Å². The molecule has 0 radical (unpaired) electrons. The summed E-state index contributed by atoms with van der Waals surface area (Å²) >= 11 is 6.83. The van der Waals surface area contributed by atoms with E-state index in [-0.39, 0.29) is 6.42 Å². The molecule has 1 saturated heterocycles. The Kier molecular flexibility index (Phi) is 7.96. The highest BCUT2D eigenvalue weighted by Crippen LogP contribution is 2.42. The van der Waals surface area contributed by atoms with Crippen molar-refractivity contribution in [3.63, 3.8) is 0 Å². The molecule has 5 rings (SSSR count). The van der Waals surface area contributed by atoms with Crippen molar-refractivity contribution < 1.29 is 18.7 Å². The molecule has 198 valence electrons. The van der Waals surface area contributed by atoms with Gasteiger partial charge < -0.3 is 10.0 Å². The van der Waals surface area contributed by atoms with Gasteiger partial charge in [-0.05, 0) is 95.2 Å². The molecular formula is C32H32ClF2NO2. The third-order valence-electron chi connectivity index (χ3n) is 7.78. The van der Waals surface area contributed by atoms with Crippen molar-refractivity contribution in [2.24, 2.45) is 5.92 Å². The molecule has 0 aromatic heterocycles. The summed E-state index contributed by atoms with van der Waals surface area (Å²) in [6, 6.07) is 20.2. The highest BCUT2D eigenvalue weighted by molar-refractivity contribution is 6.33. The smallest absolute Gasteiger partial charge is 0.335 e. The van der Waals surface area contributed by atoms with Crippen LogP contribution in [0.2, 0.25) is 5.02 Å². The van der Waals surface area contributed by atoms with Gasteiger partial charge in [-0.2, -0.15) is 0 Å². The van der Waals surface area contributed by atoms with Crippen LogP contribution in [0.25, 0.3) is 11.1 Å². The predicted octanol–water partition coefficient (Wildman–Crippen LogP) is 7.77. The zero-order valence-corrected chi connectivity index (χ0v) is 22.3. The Morgan fingerprint density at radius 3 is 2.53 bits per heavy atom. The largest absolute Gasteiger partial charge is 0.478 e. The Morgan fingerprint density at radius 1 is 1.05 bits per heavy atom. The van der Waals surface area contributed by atoms with E-state index in [0.29, 0.717) is 18.0 Å². The maximum Gasteiger partial charge on any atom is 0.335 e. The lowest BCUT2D eigenvalue weighted by Gasteiger charge is -2.39. The summed E-state index contributed by atoms with van der Waals surface area (Å²) in [5, 5.41) is 10.3. The van der Waals surface area contributed by atoms with E-state index in [9.17, 15) is 18.7 Å². The topological polar surface area (TPSA) is 40.5 Å². The van der Waals surface area contributed by atoms with Gasteiger partial charge in [-0.3, -0.25) is 0 Å². The zero-order chi connectivity index (χ0) is 26.8. The molecule has 0 atom stereocenters. The summed E-state index contributed by atoms with van der Waals surface area (Å²) in [6.07, 6.45) is 1.18. The summed E-state index contributed by atoms with van der Waals surface area (Å²) in [7, 11) is 0. The molecule has 1 heterocycles. The van der Waals surface area contributed by atoms with Gasteiger partial charge in [0, 0.05) is 26.1 Å². The van der Waals surface area contributed by atoms with Crippen molar-refractivity contribution in [1.29, 1.82) is 0 Å². The van der Waals surface area contributed by atoms with Crippen LogP contribution in [0.4, 0.5) is 8.78 Å².